The quantitative estimate of drug-likeness (QED) is 0.0407. The number of ether oxygens (including phenoxy) is 3. The molecule has 6 N–H and O–H groups in total. The molecule has 0 spiro atoms. The van der Waals surface area contributed by atoms with E-state index < -0.39 is 103 Å². The lowest BCUT2D eigenvalue weighted by atomic mass is 9.84. The molecule has 6 aromatic rings. The molecule has 0 unspecified atom stereocenters. The number of thioether (sulfide) groups is 1. The zero-order valence-corrected chi connectivity index (χ0v) is 93.3. The molecule has 4 saturated carbocycles. The number of carboxylic acids is 1. The van der Waals surface area contributed by atoms with Gasteiger partial charge in [0.1, 0.15) is 17.7 Å². The number of primary amides is 1. The van der Waals surface area contributed by atoms with Crippen LogP contribution in [0.25, 0.3) is 0 Å². The minimum Gasteiger partial charge on any atom is -0.480 e. The molecule has 4 heterocycles. The predicted molar refractivity (Wildman–Crippen MR) is 567 cm³/mol. The summed E-state index contributed by atoms with van der Waals surface area (Å²) in [6, 6.07) is 34.7. The number of esters is 2. The van der Waals surface area contributed by atoms with Crippen molar-refractivity contribution in [3.8, 4) is 6.07 Å². The molecule has 4 aliphatic carbocycles. The molecule has 0 bridgehead atoms. The van der Waals surface area contributed by atoms with Gasteiger partial charge < -0.3 is 55.7 Å². The number of allylic oxidation sites excluding steroid dienone is 2. The van der Waals surface area contributed by atoms with Crippen molar-refractivity contribution in [2.75, 3.05) is 27.3 Å². The molecule has 36 heteroatoms. The van der Waals surface area contributed by atoms with Gasteiger partial charge in [-0.25, -0.2) is 34.8 Å². The number of aryl methyl sites for hydroxylation is 2. The second-order valence-corrected chi connectivity index (χ2v) is 53.1. The number of nitriles is 1. The number of aliphatic carboxylic acids is 1. The fourth-order valence-corrected chi connectivity index (χ4v) is 25.0. The van der Waals surface area contributed by atoms with Crippen molar-refractivity contribution >= 4 is 112 Å². The number of sulfone groups is 3. The molecule has 2 aliphatic heterocycles. The Labute approximate surface area is 870 Å². The maximum Gasteiger partial charge on any atom is 0.411 e. The highest BCUT2D eigenvalue weighted by Gasteiger charge is 2.48. The van der Waals surface area contributed by atoms with Gasteiger partial charge in [0.05, 0.1) is 62.6 Å². The Balaban J connectivity index is 0.000000311. The van der Waals surface area contributed by atoms with Gasteiger partial charge in [-0.15, -0.1) is 11.8 Å². The summed E-state index contributed by atoms with van der Waals surface area (Å²) in [4.78, 5) is 140. The van der Waals surface area contributed by atoms with Crippen LogP contribution in [0.15, 0.2) is 164 Å². The number of benzene rings is 4. The Hall–Kier alpha value is -10.6. The van der Waals surface area contributed by atoms with Crippen LogP contribution in [0.1, 0.15) is 315 Å². The number of likely N-dealkylation sites (tertiary alicyclic amines) is 2. The highest BCUT2D eigenvalue weighted by Crippen LogP contribution is 2.44. The van der Waals surface area contributed by atoms with Crippen LogP contribution in [0, 0.1) is 48.9 Å². The van der Waals surface area contributed by atoms with Crippen LogP contribution >= 0.6 is 23.4 Å². The predicted octanol–water partition coefficient (Wildman–Crippen LogP) is 18.9. The fraction of sp³-hybridized carbons (Fsp3) is 0.569. The number of carbonyl (C=O) groups excluding carboxylic acids is 9. The van der Waals surface area contributed by atoms with Crippen LogP contribution in [0.2, 0.25) is 0 Å². The Bertz CT molecular complexity index is 5880. The van der Waals surface area contributed by atoms with Crippen molar-refractivity contribution in [2.45, 2.75) is 369 Å². The maximum atomic E-state index is 13.2. The molecular weight excluding hydrogens is 1950 g/mol. The number of nitrogens with two attached hydrogens (primary N) is 2. The molecule has 7 amide bonds. The minimum atomic E-state index is -3.61. The number of carbonyl (C=O) groups is 10. The number of hydrogen-bond acceptors (Lipinski definition) is 24. The molecule has 4 aromatic carbocycles. The van der Waals surface area contributed by atoms with Crippen LogP contribution in [0.4, 0.5) is 4.79 Å². The lowest BCUT2D eigenvalue weighted by Crippen LogP contribution is -2.55. The lowest BCUT2D eigenvalue weighted by Gasteiger charge is -2.45. The van der Waals surface area contributed by atoms with Crippen LogP contribution in [0.5, 0.6) is 0 Å². The van der Waals surface area contributed by atoms with Crippen molar-refractivity contribution < 1.29 is 92.5 Å². The molecule has 2 saturated heterocycles. The number of pyridine rings is 2. The summed E-state index contributed by atoms with van der Waals surface area (Å²) in [5, 5.41) is 20.2. The van der Waals surface area contributed by atoms with E-state index in [1.807, 2.05) is 171 Å². The van der Waals surface area contributed by atoms with Crippen LogP contribution in [0.3, 0.4) is 0 Å². The van der Waals surface area contributed by atoms with E-state index >= 15 is 0 Å². The van der Waals surface area contributed by atoms with E-state index in [-0.39, 0.29) is 130 Å². The van der Waals surface area contributed by atoms with E-state index in [1.54, 1.807) is 91.1 Å². The van der Waals surface area contributed by atoms with Gasteiger partial charge in [0.2, 0.25) is 11.8 Å². The maximum absolute atomic E-state index is 13.2. The smallest absolute Gasteiger partial charge is 0.411 e. The molecule has 800 valence electrons. The average molecular weight is 2110 g/mol. The third-order valence-electron chi connectivity index (χ3n) is 24.9. The summed E-state index contributed by atoms with van der Waals surface area (Å²) in [7, 11) is -8.07. The first-order valence-electron chi connectivity index (χ1n) is 48.7. The SMILES string of the molecule is C.CC(C)(C)N(C(=O)c1cccc(S(=O)(=O)C2CC(C(N)=O)C2)c1)C(C)(C)C.CC(C)(C)OC(=O)N1CCC[C@@H]1C(=O)O.CC(C)=C(C)Cl.COC(=O)C1CC(S(=O)(=O)c2cccc(C(=O)N(C(C)(C)C)C(C)(C)C)c2)C1.COC(=O)C1CC(Sc2cccc(C(=O)N(C(C)(C)C)C(C)(C)C)c2)C1.Cc1ccc(CN)cn1.Cc1ccc(CNC(=O)[C@H]2CCCN2C(=O)c2cccc(S(=O)(=O)C3CC(C#N)C3)c2)cn1. The van der Waals surface area contributed by atoms with E-state index in [2.05, 4.69) is 67.6 Å². The third kappa shape index (κ3) is 35.3. The Morgan fingerprint density at radius 1 is 0.503 bits per heavy atom. The summed E-state index contributed by atoms with van der Waals surface area (Å²) in [6.45, 7) is 52.6. The fourth-order valence-electron chi connectivity index (χ4n) is 17.8. The van der Waals surface area contributed by atoms with Gasteiger partial charge in [-0.2, -0.15) is 5.26 Å². The second-order valence-electron chi connectivity index (χ2n) is 44.4. The summed E-state index contributed by atoms with van der Waals surface area (Å²) >= 11 is 7.23. The van der Waals surface area contributed by atoms with Crippen molar-refractivity contribution in [2.24, 2.45) is 35.1 Å². The van der Waals surface area contributed by atoms with Gasteiger partial charge in [0.15, 0.2) is 29.5 Å². The molecule has 6 fully saturated rings. The van der Waals surface area contributed by atoms with Gasteiger partial charge in [-0.05, 0) is 353 Å². The zero-order valence-electron chi connectivity index (χ0n) is 89.2. The molecule has 12 rings (SSSR count). The van der Waals surface area contributed by atoms with E-state index in [0.717, 1.165) is 51.7 Å². The number of nitrogens with zero attached hydrogens (tertiary/aromatic N) is 8. The van der Waals surface area contributed by atoms with Gasteiger partial charge >= 0.3 is 24.0 Å². The Morgan fingerprint density at radius 3 is 1.21 bits per heavy atom. The molecule has 6 aliphatic rings. The lowest BCUT2D eigenvalue weighted by molar-refractivity contribution is -0.148. The number of carboxylic acid groups (broad SMARTS) is 1. The third-order valence-corrected chi connectivity index (χ3v) is 33.1. The van der Waals surface area contributed by atoms with Crippen molar-refractivity contribution in [3.05, 3.63) is 189 Å². The standard InChI is InChI=1S/C24H26N4O4S.C21H31NO5S.C21H31NO3S.C20H30N2O4S.C10H17NO4.C7H10N2.C5H9Cl.CH4/c1-16-7-8-17(14-26-16)15-27-23(29)22-6-3-9-28(22)24(30)19-4-2-5-20(12-19)33(31,32)21-10-18(11-21)13-25;1-20(2,3)22(21(4,5)6)18(23)14-9-8-10-16(11-14)28(25,26)17-12-15(13-17)19(24)27-7;1-20(2,3)22(21(4,5)6)18(23)14-9-8-10-16(11-14)26-17-12-15(13-17)19(24)25-7;1-19(2,3)22(20(4,5)6)18(24)13-8-7-9-15(10-13)27(25,26)16-11-14(12-16)17(21)23;1-10(2,3)15-9(14)11-6-4-5-7(11)8(12)13;1-6-2-3-7(4-8)5-9-6;1-4(2)5(3)6;/h2,4-5,7-8,12,14,18,21-22H,3,6,9-11,15H2,1H3,(H,27,29);8-11,15,17H,12-13H2,1-7H3;8-11,15,17H,12-13H2,1-7H3;7-10,14,16H,11-12H2,1-6H3,(H2,21,23);7H,4-6H2,1-3H3,(H,12,13);2-3,5H,4,8H2,1H3;1-3H3;1H4/t18?,21?,22-;;;;7-;;;/m1...1.../s1. The minimum absolute atomic E-state index is 0. The number of rotatable bonds is 20. The topological polar surface area (TPSA) is 451 Å². The Morgan fingerprint density at radius 2 is 0.855 bits per heavy atom. The van der Waals surface area contributed by atoms with Crippen LogP contribution < -0.4 is 16.8 Å². The normalized spacial score (nSPS) is 19.6. The summed E-state index contributed by atoms with van der Waals surface area (Å²) < 4.78 is 91.9. The van der Waals surface area contributed by atoms with E-state index in [9.17, 15) is 73.2 Å². The summed E-state index contributed by atoms with van der Waals surface area (Å²) in [6.07, 6.45) is 8.77. The molecule has 2 atom stereocenters. The number of methoxy groups -OCH3 is 2. The monoisotopic (exact) mass is 2100 g/mol. The molecule has 145 heavy (non-hydrogen) atoms. The van der Waals surface area contributed by atoms with Crippen molar-refractivity contribution in [1.82, 2.24) is 39.8 Å². The van der Waals surface area contributed by atoms with Crippen LogP contribution in [-0.4, -0.2) is 223 Å². The van der Waals surface area contributed by atoms with E-state index in [1.165, 1.54) is 66.0 Å². The zero-order chi connectivity index (χ0) is 109. The Kier molecular flexibility index (Phi) is 44.6. The summed E-state index contributed by atoms with van der Waals surface area (Å²) in [5.41, 5.74) is 14.5. The number of halogens is 1. The first kappa shape index (κ1) is 125. The van der Waals surface area contributed by atoms with Crippen molar-refractivity contribution in [1.29, 1.82) is 5.26 Å². The molecule has 0 radical (unpaired) electrons. The van der Waals surface area contributed by atoms with Crippen molar-refractivity contribution in [3.63, 3.8) is 0 Å². The number of amides is 7. The second kappa shape index (κ2) is 51.8. The number of aromatic nitrogens is 2. The largest absolute Gasteiger partial charge is 0.480 e. The van der Waals surface area contributed by atoms with Gasteiger partial charge in [-0.1, -0.05) is 61.0 Å². The molecular formula is C109H158ClN11O20S4. The number of hydrogen-bond donors (Lipinski definition) is 4. The van der Waals surface area contributed by atoms with E-state index in [0.29, 0.717) is 80.2 Å². The first-order valence-corrected chi connectivity index (χ1v) is 54.6. The van der Waals surface area contributed by atoms with Gasteiger partial charge in [0.25, 0.3) is 23.6 Å². The highest BCUT2D eigenvalue weighted by molar-refractivity contribution is 8.00. The summed E-state index contributed by atoms with van der Waals surface area (Å²) in [5.74, 6) is -3.82. The van der Waals surface area contributed by atoms with E-state index in [4.69, 9.17) is 42.9 Å². The van der Waals surface area contributed by atoms with Gasteiger partial charge in [-0.3, -0.25) is 53.2 Å². The first-order chi connectivity index (χ1) is 66.3. The van der Waals surface area contributed by atoms with Crippen LogP contribution in [-0.2, 0) is 80.8 Å². The highest BCUT2D eigenvalue weighted by atomic mass is 35.5. The number of nitrogens with one attached hydrogen (secondary N) is 1. The molecule has 2 aromatic heterocycles. The molecule has 31 nitrogen and oxygen atoms in total. The van der Waals surface area contributed by atoms with Gasteiger partial charge in [0, 0.05) is 132 Å². The average Bonchev–Trinajstić information content (AvgIpc) is 1.34.